The Bertz CT molecular complexity index is 343. The quantitative estimate of drug-likeness (QED) is 0.549. The van der Waals surface area contributed by atoms with E-state index < -0.39 is 0 Å². The summed E-state index contributed by atoms with van der Waals surface area (Å²) < 4.78 is 0. The third-order valence-electron chi connectivity index (χ3n) is 3.10. The van der Waals surface area contributed by atoms with Gasteiger partial charge in [-0.1, -0.05) is 52.4 Å². The minimum Gasteiger partial charge on any atom is -1.00 e. The molecule has 0 radical (unpaired) electrons. The van der Waals surface area contributed by atoms with Gasteiger partial charge in [0, 0.05) is 0 Å². The molecule has 0 heterocycles. The topological polar surface area (TPSA) is 14.1 Å². The number of nitrogens with zero attached hydrogens (tertiary/aromatic N) is 1. The number of hydrogen-bond acceptors (Lipinski definition) is 0. The van der Waals surface area contributed by atoms with Gasteiger partial charge in [-0.25, -0.2) is 24.3 Å². The summed E-state index contributed by atoms with van der Waals surface area (Å²) in [7, 11) is 3.50. The first-order valence-corrected chi connectivity index (χ1v) is 8.17. The molecule has 0 bridgehead atoms. The Hall–Kier alpha value is -0.336. The molecule has 0 amide bonds. The second kappa shape index (κ2) is 21.7. The number of halogens is 1. The van der Waals surface area contributed by atoms with Crippen molar-refractivity contribution in [1.82, 2.24) is 0 Å². The van der Waals surface area contributed by atoms with Crippen molar-refractivity contribution >= 4 is 0 Å². The van der Waals surface area contributed by atoms with E-state index in [-0.39, 0.29) is 34.1 Å². The summed E-state index contributed by atoms with van der Waals surface area (Å²) in [5.74, 6) is 0. The van der Waals surface area contributed by atoms with Gasteiger partial charge in [-0.3, -0.25) is 0 Å². The molecular formula is C20H32ClNTi. The molecular weight excluding hydrogens is 338 g/mol. The van der Waals surface area contributed by atoms with Gasteiger partial charge in [-0.05, 0) is 0 Å². The van der Waals surface area contributed by atoms with Gasteiger partial charge in [0.1, 0.15) is 0 Å². The first-order valence-electron chi connectivity index (χ1n) is 8.17. The summed E-state index contributed by atoms with van der Waals surface area (Å²) in [6.45, 7) is 4.45. The van der Waals surface area contributed by atoms with Gasteiger partial charge in [0.2, 0.25) is 0 Å². The van der Waals surface area contributed by atoms with E-state index in [9.17, 15) is 0 Å². The van der Waals surface area contributed by atoms with E-state index in [1.807, 2.05) is 0 Å². The van der Waals surface area contributed by atoms with Crippen LogP contribution in [0.15, 0.2) is 48.5 Å². The van der Waals surface area contributed by atoms with Crippen LogP contribution in [0.25, 0.3) is 5.32 Å². The monoisotopic (exact) mass is 369 g/mol. The van der Waals surface area contributed by atoms with Crippen molar-refractivity contribution in [2.75, 3.05) is 14.1 Å². The maximum Gasteiger partial charge on any atom is 4.00 e. The summed E-state index contributed by atoms with van der Waals surface area (Å²) in [5.41, 5.74) is 2.97. The maximum atomic E-state index is 3.50. The van der Waals surface area contributed by atoms with Crippen molar-refractivity contribution in [2.24, 2.45) is 0 Å². The Kier molecular flexibility index (Phi) is 25.9. The van der Waals surface area contributed by atoms with Crippen LogP contribution in [0.3, 0.4) is 0 Å². The van der Waals surface area contributed by atoms with Crippen molar-refractivity contribution in [1.29, 1.82) is 0 Å². The Morgan fingerprint density at radius 1 is 0.696 bits per heavy atom. The molecule has 1 nitrogen and oxygen atoms in total. The molecule has 0 saturated heterocycles. The van der Waals surface area contributed by atoms with Crippen molar-refractivity contribution < 1.29 is 34.1 Å². The predicted octanol–water partition coefficient (Wildman–Crippen LogP) is 3.12. The Labute approximate surface area is 165 Å². The molecule has 0 aliphatic carbocycles. The molecule has 0 spiro atoms. The molecule has 0 aliphatic heterocycles. The molecule has 0 fully saturated rings. The molecule has 0 atom stereocenters. The Balaban J connectivity index is -0.000000277. The van der Waals surface area contributed by atoms with Crippen molar-refractivity contribution in [3.05, 3.63) is 65.0 Å². The molecule has 128 valence electrons. The van der Waals surface area contributed by atoms with Gasteiger partial charge in [-0.2, -0.15) is 49.5 Å². The minimum absolute atomic E-state index is 0. The Morgan fingerprint density at radius 2 is 0.957 bits per heavy atom. The fourth-order valence-electron chi connectivity index (χ4n) is 1.92. The number of hydrogen-bond donors (Lipinski definition) is 0. The van der Waals surface area contributed by atoms with Crippen LogP contribution in [-0.2, 0) is 34.6 Å². The van der Waals surface area contributed by atoms with Crippen LogP contribution in [-0.4, -0.2) is 14.1 Å². The number of aryl methyl sites for hydroxylation is 2. The summed E-state index contributed by atoms with van der Waals surface area (Å²) >= 11 is 0. The van der Waals surface area contributed by atoms with Crippen LogP contribution in [0.2, 0.25) is 0 Å². The SMILES string of the molecule is CCCC[c-]1cccc1.CCCC[c-]1cccc1.C[N-]C.[Cl-].[Ti+4]. The molecule has 2 aromatic carbocycles. The first-order chi connectivity index (χ1) is 10.3. The smallest absolute Gasteiger partial charge is 1.00 e. The van der Waals surface area contributed by atoms with Crippen molar-refractivity contribution in [3.63, 3.8) is 0 Å². The van der Waals surface area contributed by atoms with Crippen LogP contribution in [0, 0.1) is 0 Å². The summed E-state index contributed by atoms with van der Waals surface area (Å²) in [4.78, 5) is 0. The summed E-state index contributed by atoms with van der Waals surface area (Å²) in [6.07, 6.45) is 7.75. The van der Waals surface area contributed by atoms with Crippen LogP contribution in [0.1, 0.15) is 50.7 Å². The average Bonchev–Trinajstić information content (AvgIpc) is 3.18. The van der Waals surface area contributed by atoms with Crippen LogP contribution < -0.4 is 12.4 Å². The van der Waals surface area contributed by atoms with E-state index in [0.29, 0.717) is 0 Å². The van der Waals surface area contributed by atoms with Gasteiger partial charge in [-0.15, -0.1) is 0 Å². The van der Waals surface area contributed by atoms with E-state index in [1.54, 1.807) is 14.1 Å². The van der Waals surface area contributed by atoms with Crippen molar-refractivity contribution in [2.45, 2.75) is 52.4 Å². The fraction of sp³-hybridized carbons (Fsp3) is 0.500. The van der Waals surface area contributed by atoms with Crippen LogP contribution in [0.5, 0.6) is 0 Å². The zero-order valence-corrected chi connectivity index (χ0v) is 17.5. The van der Waals surface area contributed by atoms with Crippen LogP contribution in [0.4, 0.5) is 0 Å². The molecule has 23 heavy (non-hydrogen) atoms. The first kappa shape index (κ1) is 27.5. The molecule has 0 aromatic heterocycles. The summed E-state index contributed by atoms with van der Waals surface area (Å²) in [6, 6.07) is 17.2. The van der Waals surface area contributed by atoms with Gasteiger partial charge >= 0.3 is 21.7 Å². The molecule has 2 rings (SSSR count). The zero-order valence-electron chi connectivity index (χ0n) is 15.2. The molecule has 3 heteroatoms. The van der Waals surface area contributed by atoms with E-state index >= 15 is 0 Å². The third-order valence-corrected chi connectivity index (χ3v) is 3.10. The van der Waals surface area contributed by atoms with Crippen LogP contribution >= 0.6 is 0 Å². The summed E-state index contributed by atoms with van der Waals surface area (Å²) in [5, 5.41) is 3.50. The molecule has 0 saturated carbocycles. The fourth-order valence-corrected chi connectivity index (χ4v) is 1.92. The molecule has 0 aliphatic rings. The molecule has 0 unspecified atom stereocenters. The third kappa shape index (κ3) is 17.8. The Morgan fingerprint density at radius 3 is 1.17 bits per heavy atom. The van der Waals surface area contributed by atoms with Gasteiger partial charge < -0.3 is 17.7 Å². The van der Waals surface area contributed by atoms with E-state index in [4.69, 9.17) is 0 Å². The number of unbranched alkanes of at least 4 members (excludes halogenated alkanes) is 2. The van der Waals surface area contributed by atoms with Gasteiger partial charge in [0.05, 0.1) is 0 Å². The zero-order chi connectivity index (χ0) is 15.8. The number of rotatable bonds is 6. The minimum atomic E-state index is 0. The predicted molar refractivity (Wildman–Crippen MR) is 96.5 cm³/mol. The maximum absolute atomic E-state index is 3.50. The van der Waals surface area contributed by atoms with E-state index in [2.05, 4.69) is 67.7 Å². The average molecular weight is 370 g/mol. The second-order valence-corrected chi connectivity index (χ2v) is 5.24. The van der Waals surface area contributed by atoms with E-state index in [0.717, 1.165) is 0 Å². The van der Waals surface area contributed by atoms with Crippen molar-refractivity contribution in [3.8, 4) is 0 Å². The molecule has 2 aromatic rings. The largest absolute Gasteiger partial charge is 4.00 e. The second-order valence-electron chi connectivity index (χ2n) is 5.24. The van der Waals surface area contributed by atoms with E-state index in [1.165, 1.54) is 49.7 Å². The van der Waals surface area contributed by atoms with Gasteiger partial charge in [0.15, 0.2) is 0 Å². The standard InChI is InChI=1S/2C9H13.C2H6N.ClH.Ti/c2*1-2-3-6-9-7-4-5-8-9;1-3-2;;/h2*4-5,7-8H,2-3,6H2,1H3;1-2H3;1H;/q3*-1;;+4/p-1. The van der Waals surface area contributed by atoms with Gasteiger partial charge in [0.25, 0.3) is 0 Å². The normalized spacial score (nSPS) is 8.52. The molecule has 0 N–H and O–H groups in total.